The molecule has 1 saturated heterocycles. The number of hydrogen-bond donors (Lipinski definition) is 1. The topological polar surface area (TPSA) is 45.2 Å². The number of carbonyl (C=O) groups excluding carboxylic acids is 1. The first kappa shape index (κ1) is 15.9. The summed E-state index contributed by atoms with van der Waals surface area (Å²) in [7, 11) is 0. The molecule has 1 fully saturated rings. The summed E-state index contributed by atoms with van der Waals surface area (Å²) >= 11 is 0. The molecule has 1 aliphatic rings. The van der Waals surface area contributed by atoms with Gasteiger partial charge in [-0.05, 0) is 50.0 Å². The Balaban J connectivity index is 1.55. The summed E-state index contributed by atoms with van der Waals surface area (Å²) in [6, 6.07) is 8.18. The lowest BCUT2D eigenvalue weighted by Crippen LogP contribution is -2.34. The van der Waals surface area contributed by atoms with Gasteiger partial charge in [0.2, 0.25) is 5.91 Å². The van der Waals surface area contributed by atoms with Crippen LogP contribution in [0.3, 0.4) is 0 Å². The van der Waals surface area contributed by atoms with E-state index in [0.717, 1.165) is 36.1 Å². The van der Waals surface area contributed by atoms with Crippen LogP contribution in [0.25, 0.3) is 10.9 Å². The fraction of sp³-hybridized carbons (Fsp3) is 0.474. The van der Waals surface area contributed by atoms with Crippen LogP contribution in [0, 0.1) is 6.92 Å². The van der Waals surface area contributed by atoms with E-state index in [1.165, 1.54) is 24.8 Å². The van der Waals surface area contributed by atoms with Gasteiger partial charge in [-0.15, -0.1) is 0 Å². The van der Waals surface area contributed by atoms with Gasteiger partial charge < -0.3 is 10.2 Å². The van der Waals surface area contributed by atoms with Gasteiger partial charge in [-0.25, -0.2) is 0 Å². The van der Waals surface area contributed by atoms with Crippen molar-refractivity contribution in [3.05, 3.63) is 41.6 Å². The minimum atomic E-state index is 0.133. The molecule has 0 radical (unpaired) electrons. The van der Waals surface area contributed by atoms with Crippen molar-refractivity contribution in [2.75, 3.05) is 19.6 Å². The van der Waals surface area contributed by atoms with Crippen molar-refractivity contribution >= 4 is 16.8 Å². The molecule has 23 heavy (non-hydrogen) atoms. The van der Waals surface area contributed by atoms with E-state index >= 15 is 0 Å². The first-order chi connectivity index (χ1) is 11.2. The van der Waals surface area contributed by atoms with E-state index in [0.29, 0.717) is 13.0 Å². The molecule has 0 bridgehead atoms. The molecule has 0 aliphatic carbocycles. The quantitative estimate of drug-likeness (QED) is 0.923. The van der Waals surface area contributed by atoms with Crippen molar-refractivity contribution in [1.82, 2.24) is 15.2 Å². The second-order valence-electron chi connectivity index (χ2n) is 6.37. The largest absolute Gasteiger partial charge is 0.352 e. The second-order valence-corrected chi connectivity index (χ2v) is 6.37. The summed E-state index contributed by atoms with van der Waals surface area (Å²) in [6.07, 6.45) is 6.27. The van der Waals surface area contributed by atoms with Crippen LogP contribution in [-0.4, -0.2) is 35.4 Å². The van der Waals surface area contributed by atoms with Crippen LogP contribution in [0.2, 0.25) is 0 Å². The predicted molar refractivity (Wildman–Crippen MR) is 93.2 cm³/mol. The maximum absolute atomic E-state index is 12.1. The molecule has 0 atom stereocenters. The Morgan fingerprint density at radius 2 is 2.04 bits per heavy atom. The molecule has 1 aromatic heterocycles. The van der Waals surface area contributed by atoms with E-state index in [4.69, 9.17) is 0 Å². The van der Waals surface area contributed by atoms with Crippen LogP contribution in [0.4, 0.5) is 0 Å². The first-order valence-electron chi connectivity index (χ1n) is 8.56. The molecule has 1 aromatic carbocycles. The number of nitrogens with one attached hydrogen (secondary N) is 1. The second kappa shape index (κ2) is 7.55. The molecule has 2 aromatic rings. The number of carbonyl (C=O) groups is 1. The Bertz CT molecular complexity index is 677. The summed E-state index contributed by atoms with van der Waals surface area (Å²) in [5, 5.41) is 4.19. The van der Waals surface area contributed by atoms with Gasteiger partial charge in [-0.2, -0.15) is 0 Å². The number of fused-ring (bicyclic) bond motifs is 1. The smallest absolute Gasteiger partial charge is 0.221 e. The molecule has 1 N–H and O–H groups in total. The third-order valence-corrected chi connectivity index (χ3v) is 4.64. The number of rotatable bonds is 5. The number of nitrogens with zero attached hydrogens (tertiary/aromatic N) is 2. The van der Waals surface area contributed by atoms with E-state index in [1.54, 1.807) is 0 Å². The number of aromatic nitrogens is 1. The van der Waals surface area contributed by atoms with Gasteiger partial charge in [0.1, 0.15) is 0 Å². The molecule has 0 unspecified atom stereocenters. The average molecular weight is 311 g/mol. The zero-order chi connectivity index (χ0) is 16.1. The van der Waals surface area contributed by atoms with Crippen molar-refractivity contribution in [3.63, 3.8) is 0 Å². The Kier molecular flexibility index (Phi) is 5.23. The Morgan fingerprint density at radius 1 is 1.22 bits per heavy atom. The predicted octanol–water partition coefficient (Wildman–Crippen LogP) is 3.04. The van der Waals surface area contributed by atoms with Gasteiger partial charge >= 0.3 is 0 Å². The molecule has 4 nitrogen and oxygen atoms in total. The van der Waals surface area contributed by atoms with Crippen molar-refractivity contribution in [2.24, 2.45) is 0 Å². The highest BCUT2D eigenvalue weighted by atomic mass is 16.1. The molecule has 122 valence electrons. The van der Waals surface area contributed by atoms with E-state index in [2.05, 4.69) is 40.3 Å². The highest BCUT2D eigenvalue weighted by molar-refractivity contribution is 5.85. The summed E-state index contributed by atoms with van der Waals surface area (Å²) in [5.41, 5.74) is 3.32. The SMILES string of the molecule is Cc1ccc(CNC(=O)CCN2CCCCC2)c2cccnc12. The standard InChI is InChI=1S/C19H25N3O/c1-15-7-8-16(17-6-5-10-20-19(15)17)14-21-18(23)9-13-22-11-3-2-4-12-22/h5-8,10H,2-4,9,11-14H2,1H3,(H,21,23). The number of hydrogen-bond acceptors (Lipinski definition) is 3. The molecule has 4 heteroatoms. The number of pyridine rings is 1. The third-order valence-electron chi connectivity index (χ3n) is 4.64. The lowest BCUT2D eigenvalue weighted by atomic mass is 10.0. The van der Waals surface area contributed by atoms with Gasteiger partial charge in [0.15, 0.2) is 0 Å². The third kappa shape index (κ3) is 4.08. The van der Waals surface area contributed by atoms with Gasteiger partial charge in [0.25, 0.3) is 0 Å². The fourth-order valence-electron chi connectivity index (χ4n) is 3.25. The van der Waals surface area contributed by atoms with Crippen molar-refractivity contribution in [3.8, 4) is 0 Å². The Hall–Kier alpha value is -1.94. The van der Waals surface area contributed by atoms with Crippen LogP contribution in [0.15, 0.2) is 30.5 Å². The van der Waals surface area contributed by atoms with Crippen LogP contribution in [0.5, 0.6) is 0 Å². The maximum atomic E-state index is 12.1. The van der Waals surface area contributed by atoms with Gasteiger partial charge in [-0.3, -0.25) is 9.78 Å². The molecular weight excluding hydrogens is 286 g/mol. The van der Waals surface area contributed by atoms with Gasteiger partial charge in [0.05, 0.1) is 5.52 Å². The van der Waals surface area contributed by atoms with Crippen LogP contribution in [-0.2, 0) is 11.3 Å². The zero-order valence-corrected chi connectivity index (χ0v) is 13.8. The lowest BCUT2D eigenvalue weighted by Gasteiger charge is -2.25. The Labute approximate surface area is 137 Å². The van der Waals surface area contributed by atoms with Gasteiger partial charge in [0, 0.05) is 31.1 Å². The number of likely N-dealkylation sites (tertiary alicyclic amines) is 1. The van der Waals surface area contributed by atoms with Crippen molar-refractivity contribution in [2.45, 2.75) is 39.2 Å². The number of benzene rings is 1. The summed E-state index contributed by atoms with van der Waals surface area (Å²) in [6.45, 7) is 5.79. The van der Waals surface area contributed by atoms with E-state index < -0.39 is 0 Å². The first-order valence-corrected chi connectivity index (χ1v) is 8.56. The van der Waals surface area contributed by atoms with Crippen molar-refractivity contribution in [1.29, 1.82) is 0 Å². The maximum Gasteiger partial charge on any atom is 0.221 e. The van der Waals surface area contributed by atoms with Gasteiger partial charge in [-0.1, -0.05) is 24.6 Å². The van der Waals surface area contributed by atoms with E-state index in [1.807, 2.05) is 12.3 Å². The number of piperidine rings is 1. The molecule has 1 aliphatic heterocycles. The highest BCUT2D eigenvalue weighted by Crippen LogP contribution is 2.20. The summed E-state index contributed by atoms with van der Waals surface area (Å²) in [5.74, 6) is 0.133. The molecule has 1 amide bonds. The molecule has 0 saturated carbocycles. The highest BCUT2D eigenvalue weighted by Gasteiger charge is 2.12. The summed E-state index contributed by atoms with van der Waals surface area (Å²) < 4.78 is 0. The van der Waals surface area contributed by atoms with Crippen LogP contribution < -0.4 is 5.32 Å². The average Bonchev–Trinajstić information content (AvgIpc) is 2.60. The van der Waals surface area contributed by atoms with Crippen molar-refractivity contribution < 1.29 is 4.79 Å². The fourth-order valence-corrected chi connectivity index (χ4v) is 3.25. The van der Waals surface area contributed by atoms with E-state index in [9.17, 15) is 4.79 Å². The monoisotopic (exact) mass is 311 g/mol. The lowest BCUT2D eigenvalue weighted by molar-refractivity contribution is -0.121. The van der Waals surface area contributed by atoms with E-state index in [-0.39, 0.29) is 5.91 Å². The normalized spacial score (nSPS) is 15.7. The number of aryl methyl sites for hydroxylation is 1. The molecule has 2 heterocycles. The minimum Gasteiger partial charge on any atom is -0.352 e. The molecular formula is C19H25N3O. The van der Waals surface area contributed by atoms with Crippen LogP contribution >= 0.6 is 0 Å². The Morgan fingerprint density at radius 3 is 2.87 bits per heavy atom. The molecule has 3 rings (SSSR count). The number of amides is 1. The zero-order valence-electron chi connectivity index (χ0n) is 13.8. The summed E-state index contributed by atoms with van der Waals surface area (Å²) in [4.78, 5) is 19.0. The minimum absolute atomic E-state index is 0.133. The van der Waals surface area contributed by atoms with Crippen LogP contribution in [0.1, 0.15) is 36.8 Å². The molecule has 0 spiro atoms.